The minimum Gasteiger partial charge on any atom is -0.497 e. The van der Waals surface area contributed by atoms with E-state index in [1.165, 1.54) is 11.3 Å². The number of rotatable bonds is 13. The number of carbonyl (C=O) groups excluding carboxylic acids is 1. The largest absolute Gasteiger partial charge is 0.497 e. The lowest BCUT2D eigenvalue weighted by molar-refractivity contribution is 0.0957. The second-order valence-electron chi connectivity index (χ2n) is 6.50. The summed E-state index contributed by atoms with van der Waals surface area (Å²) < 4.78 is 10.6. The fourth-order valence-corrected chi connectivity index (χ4v) is 3.23. The molecule has 0 aliphatic carbocycles. The molecule has 0 saturated heterocycles. The van der Waals surface area contributed by atoms with Gasteiger partial charge in [0.2, 0.25) is 0 Å². The van der Waals surface area contributed by atoms with E-state index in [4.69, 9.17) is 9.47 Å². The second-order valence-corrected chi connectivity index (χ2v) is 7.45. The van der Waals surface area contributed by atoms with E-state index >= 15 is 0 Å². The van der Waals surface area contributed by atoms with Gasteiger partial charge in [0, 0.05) is 32.8 Å². The van der Waals surface area contributed by atoms with Gasteiger partial charge < -0.3 is 25.4 Å². The molecule has 2 rings (SSSR count). The molecule has 0 radical (unpaired) electrons. The summed E-state index contributed by atoms with van der Waals surface area (Å²) in [7, 11) is 1.66. The number of carbonyl (C=O) groups is 1. The van der Waals surface area contributed by atoms with Gasteiger partial charge in [-0.25, -0.2) is 4.99 Å². The minimum atomic E-state index is -0.0209. The Morgan fingerprint density at radius 2 is 1.74 bits per heavy atom. The second kappa shape index (κ2) is 16.8. The molecule has 3 N–H and O–H groups in total. The fourth-order valence-electron chi connectivity index (χ4n) is 2.59. The van der Waals surface area contributed by atoms with E-state index in [-0.39, 0.29) is 29.9 Å². The topological polar surface area (TPSA) is 84.0 Å². The standard InChI is InChI=1S/C22H32N4O3S.HI/c1-3-29-15-6-14-25-22(26-17-18-8-10-19(28-2)11-9-18)24-13-5-12-23-21(27)20-7-4-16-30-20;/h4,7-11,16H,3,5-6,12-15,17H2,1-2H3,(H,23,27)(H2,24,25,26);1H. The summed E-state index contributed by atoms with van der Waals surface area (Å²) in [5, 5.41) is 11.5. The van der Waals surface area contributed by atoms with Crippen LogP contribution >= 0.6 is 35.3 Å². The molecule has 1 aromatic carbocycles. The predicted molar refractivity (Wildman–Crippen MR) is 138 cm³/mol. The van der Waals surface area contributed by atoms with Crippen molar-refractivity contribution in [3.63, 3.8) is 0 Å². The summed E-state index contributed by atoms with van der Waals surface area (Å²) >= 11 is 1.45. The molecular formula is C22H33IN4O3S. The van der Waals surface area contributed by atoms with E-state index in [1.54, 1.807) is 7.11 Å². The highest BCUT2D eigenvalue weighted by Crippen LogP contribution is 2.11. The van der Waals surface area contributed by atoms with Crippen molar-refractivity contribution in [3.05, 3.63) is 52.2 Å². The zero-order valence-corrected chi connectivity index (χ0v) is 21.3. The summed E-state index contributed by atoms with van der Waals surface area (Å²) in [6, 6.07) is 11.6. The molecule has 1 heterocycles. The summed E-state index contributed by atoms with van der Waals surface area (Å²) in [5.41, 5.74) is 1.11. The lowest BCUT2D eigenvalue weighted by Crippen LogP contribution is -2.39. The third-order valence-corrected chi connectivity index (χ3v) is 5.09. The van der Waals surface area contributed by atoms with E-state index in [0.717, 1.165) is 54.7 Å². The number of halogens is 1. The van der Waals surface area contributed by atoms with E-state index < -0.39 is 0 Å². The molecule has 0 saturated carbocycles. The summed E-state index contributed by atoms with van der Waals surface area (Å²) in [5.74, 6) is 1.57. The molecule has 0 aliphatic heterocycles. The Bertz CT molecular complexity index is 755. The van der Waals surface area contributed by atoms with Crippen molar-refractivity contribution in [2.75, 3.05) is 40.0 Å². The Hall–Kier alpha value is -1.85. The predicted octanol–water partition coefficient (Wildman–Crippen LogP) is 3.66. The highest BCUT2D eigenvalue weighted by molar-refractivity contribution is 14.0. The number of benzene rings is 1. The smallest absolute Gasteiger partial charge is 0.261 e. The quantitative estimate of drug-likeness (QED) is 0.151. The molecule has 0 unspecified atom stereocenters. The molecule has 1 amide bonds. The Morgan fingerprint density at radius 1 is 1.03 bits per heavy atom. The van der Waals surface area contributed by atoms with E-state index in [9.17, 15) is 4.79 Å². The Balaban J connectivity index is 0.00000480. The van der Waals surface area contributed by atoms with Crippen LogP contribution in [0.25, 0.3) is 0 Å². The van der Waals surface area contributed by atoms with Crippen LogP contribution in [0.1, 0.15) is 35.0 Å². The highest BCUT2D eigenvalue weighted by atomic mass is 127. The average molecular weight is 561 g/mol. The molecular weight excluding hydrogens is 527 g/mol. The monoisotopic (exact) mass is 560 g/mol. The molecule has 172 valence electrons. The first-order chi connectivity index (χ1) is 14.7. The van der Waals surface area contributed by atoms with Crippen LogP contribution in [-0.2, 0) is 11.3 Å². The Kier molecular flexibility index (Phi) is 14.7. The molecule has 31 heavy (non-hydrogen) atoms. The summed E-state index contributed by atoms with van der Waals surface area (Å²) in [4.78, 5) is 17.4. The highest BCUT2D eigenvalue weighted by Gasteiger charge is 2.05. The first-order valence-electron chi connectivity index (χ1n) is 10.3. The lowest BCUT2D eigenvalue weighted by Gasteiger charge is -2.13. The van der Waals surface area contributed by atoms with Gasteiger partial charge in [-0.2, -0.15) is 0 Å². The molecule has 1 aromatic heterocycles. The SMILES string of the molecule is CCOCCCNC(=NCc1ccc(OC)cc1)NCCCNC(=O)c1cccs1.I. The maximum Gasteiger partial charge on any atom is 0.261 e. The molecule has 0 bridgehead atoms. The lowest BCUT2D eigenvalue weighted by atomic mass is 10.2. The van der Waals surface area contributed by atoms with Crippen molar-refractivity contribution in [3.8, 4) is 5.75 Å². The van der Waals surface area contributed by atoms with Crippen LogP contribution in [0.4, 0.5) is 0 Å². The van der Waals surface area contributed by atoms with Crippen molar-refractivity contribution in [1.82, 2.24) is 16.0 Å². The van der Waals surface area contributed by atoms with Gasteiger partial charge in [-0.15, -0.1) is 35.3 Å². The van der Waals surface area contributed by atoms with Crippen LogP contribution in [-0.4, -0.2) is 51.8 Å². The zero-order chi connectivity index (χ0) is 21.4. The van der Waals surface area contributed by atoms with Crippen LogP contribution < -0.4 is 20.7 Å². The van der Waals surface area contributed by atoms with E-state index in [1.807, 2.05) is 48.7 Å². The van der Waals surface area contributed by atoms with Crippen molar-refractivity contribution < 1.29 is 14.3 Å². The number of nitrogens with zero attached hydrogens (tertiary/aromatic N) is 1. The number of ether oxygens (including phenoxy) is 2. The number of amides is 1. The third-order valence-electron chi connectivity index (χ3n) is 4.22. The molecule has 0 spiro atoms. The number of nitrogens with one attached hydrogen (secondary N) is 3. The maximum absolute atomic E-state index is 12.0. The van der Waals surface area contributed by atoms with Gasteiger partial charge in [-0.1, -0.05) is 18.2 Å². The third kappa shape index (κ3) is 11.4. The number of methoxy groups -OCH3 is 1. The summed E-state index contributed by atoms with van der Waals surface area (Å²) in [6.45, 7) is 6.12. The van der Waals surface area contributed by atoms with E-state index in [2.05, 4.69) is 20.9 Å². The molecule has 0 aliphatic rings. The molecule has 0 atom stereocenters. The van der Waals surface area contributed by atoms with Gasteiger partial charge in [0.05, 0.1) is 18.5 Å². The van der Waals surface area contributed by atoms with Crippen molar-refractivity contribution in [2.45, 2.75) is 26.3 Å². The van der Waals surface area contributed by atoms with Gasteiger partial charge in [0.1, 0.15) is 5.75 Å². The molecule has 2 aromatic rings. The molecule has 9 heteroatoms. The number of hydrogen-bond acceptors (Lipinski definition) is 5. The van der Waals surface area contributed by atoms with Crippen LogP contribution in [0, 0.1) is 0 Å². The zero-order valence-electron chi connectivity index (χ0n) is 18.2. The Labute approximate surface area is 206 Å². The van der Waals surface area contributed by atoms with Crippen LogP contribution in [0.3, 0.4) is 0 Å². The van der Waals surface area contributed by atoms with Crippen LogP contribution in [0.5, 0.6) is 5.75 Å². The average Bonchev–Trinajstić information content (AvgIpc) is 3.32. The van der Waals surface area contributed by atoms with Crippen LogP contribution in [0.15, 0.2) is 46.8 Å². The van der Waals surface area contributed by atoms with Crippen LogP contribution in [0.2, 0.25) is 0 Å². The van der Waals surface area contributed by atoms with Crippen molar-refractivity contribution in [2.24, 2.45) is 4.99 Å². The molecule has 0 fully saturated rings. The number of thiophene rings is 1. The normalized spacial score (nSPS) is 10.8. The van der Waals surface area contributed by atoms with E-state index in [0.29, 0.717) is 19.6 Å². The first-order valence-corrected chi connectivity index (χ1v) is 11.2. The van der Waals surface area contributed by atoms with Crippen molar-refractivity contribution in [1.29, 1.82) is 0 Å². The fraction of sp³-hybridized carbons (Fsp3) is 0.455. The molecule has 7 nitrogen and oxygen atoms in total. The first kappa shape index (κ1) is 27.2. The van der Waals surface area contributed by atoms with Gasteiger partial charge in [0.15, 0.2) is 5.96 Å². The maximum atomic E-state index is 12.0. The number of hydrogen-bond donors (Lipinski definition) is 3. The van der Waals surface area contributed by atoms with Crippen molar-refractivity contribution >= 4 is 47.2 Å². The minimum absolute atomic E-state index is 0. The Morgan fingerprint density at radius 3 is 2.39 bits per heavy atom. The summed E-state index contributed by atoms with van der Waals surface area (Å²) in [6.07, 6.45) is 1.72. The van der Waals surface area contributed by atoms with Gasteiger partial charge in [-0.3, -0.25) is 4.79 Å². The van der Waals surface area contributed by atoms with Gasteiger partial charge in [-0.05, 0) is 48.9 Å². The van der Waals surface area contributed by atoms with Gasteiger partial charge in [0.25, 0.3) is 5.91 Å². The number of aliphatic imine (C=N–C) groups is 1. The number of guanidine groups is 1. The van der Waals surface area contributed by atoms with Gasteiger partial charge >= 0.3 is 0 Å².